The van der Waals surface area contributed by atoms with Crippen molar-refractivity contribution < 1.29 is 8.42 Å². The van der Waals surface area contributed by atoms with Gasteiger partial charge in [0.15, 0.2) is 9.84 Å². The normalized spacial score (nSPS) is 13.7. The van der Waals surface area contributed by atoms with Crippen LogP contribution in [0.4, 0.5) is 0 Å². The molecule has 0 saturated carbocycles. The molecule has 0 aliphatic carbocycles. The van der Waals surface area contributed by atoms with Gasteiger partial charge in [0.1, 0.15) is 0 Å². The highest BCUT2D eigenvalue weighted by Crippen LogP contribution is 2.21. The number of hydrogen-bond donors (Lipinski definition) is 1. The predicted molar refractivity (Wildman–Crippen MR) is 68.5 cm³/mol. The first kappa shape index (κ1) is 13.5. The molecule has 0 amide bonds. The van der Waals surface area contributed by atoms with Crippen LogP contribution in [0.5, 0.6) is 0 Å². The van der Waals surface area contributed by atoms with E-state index in [9.17, 15) is 8.42 Å². The Labute approximate surface area is 101 Å². The lowest BCUT2D eigenvalue weighted by atomic mass is 10.3. The quantitative estimate of drug-likeness (QED) is 0.821. The van der Waals surface area contributed by atoms with E-state index in [1.165, 1.54) is 6.26 Å². The third-order valence-corrected chi connectivity index (χ3v) is 4.27. The monoisotopic (exact) mass is 259 g/mol. The summed E-state index contributed by atoms with van der Waals surface area (Å²) in [6.07, 6.45) is 2.17. The molecule has 1 aromatic rings. The van der Waals surface area contributed by atoms with Crippen molar-refractivity contribution in [3.63, 3.8) is 0 Å². The number of hydrogen-bond acceptors (Lipinski definition) is 4. The highest BCUT2D eigenvalue weighted by molar-refractivity contribution is 7.99. The van der Waals surface area contributed by atoms with Crippen LogP contribution in [-0.4, -0.2) is 26.5 Å². The highest BCUT2D eigenvalue weighted by Gasteiger charge is 2.06. The van der Waals surface area contributed by atoms with Gasteiger partial charge >= 0.3 is 0 Å². The lowest BCUT2D eigenvalue weighted by molar-refractivity contribution is 0.602. The summed E-state index contributed by atoms with van der Waals surface area (Å²) in [7, 11) is -3.08. The van der Waals surface area contributed by atoms with E-state index in [4.69, 9.17) is 5.73 Å². The Bertz CT molecular complexity index is 424. The fraction of sp³-hybridized carbons (Fsp3) is 0.455. The van der Waals surface area contributed by atoms with E-state index in [0.29, 0.717) is 4.90 Å². The average Bonchev–Trinajstić information content (AvgIpc) is 2.16. The maximum absolute atomic E-state index is 11.2. The standard InChI is InChI=1S/C11H17NO2S2/c1-9(12)7-8-15-10-3-5-11(6-4-10)16(2,13)14/h3-6,9H,7-8,12H2,1-2H3. The Morgan fingerprint density at radius 1 is 1.31 bits per heavy atom. The molecule has 0 fully saturated rings. The van der Waals surface area contributed by atoms with E-state index in [-0.39, 0.29) is 6.04 Å². The summed E-state index contributed by atoms with van der Waals surface area (Å²) in [5, 5.41) is 0. The Morgan fingerprint density at radius 3 is 2.31 bits per heavy atom. The molecule has 0 aliphatic heterocycles. The second-order valence-electron chi connectivity index (χ2n) is 3.86. The third kappa shape index (κ3) is 4.55. The molecule has 1 rings (SSSR count). The maximum atomic E-state index is 11.2. The van der Waals surface area contributed by atoms with E-state index in [1.54, 1.807) is 23.9 Å². The zero-order valence-electron chi connectivity index (χ0n) is 9.51. The van der Waals surface area contributed by atoms with Crippen LogP contribution in [0.25, 0.3) is 0 Å². The minimum absolute atomic E-state index is 0.211. The van der Waals surface area contributed by atoms with E-state index < -0.39 is 9.84 Å². The molecule has 1 unspecified atom stereocenters. The summed E-state index contributed by atoms with van der Waals surface area (Å²) in [5.74, 6) is 0.954. The van der Waals surface area contributed by atoms with Crippen molar-refractivity contribution in [1.29, 1.82) is 0 Å². The minimum atomic E-state index is -3.08. The van der Waals surface area contributed by atoms with Crippen molar-refractivity contribution in [1.82, 2.24) is 0 Å². The molecule has 2 N–H and O–H groups in total. The number of benzene rings is 1. The van der Waals surface area contributed by atoms with Crippen LogP contribution >= 0.6 is 11.8 Å². The molecular formula is C11H17NO2S2. The fourth-order valence-corrected chi connectivity index (χ4v) is 2.83. The molecule has 0 aliphatic rings. The van der Waals surface area contributed by atoms with Gasteiger partial charge < -0.3 is 5.73 Å². The van der Waals surface area contributed by atoms with Crippen molar-refractivity contribution in [2.75, 3.05) is 12.0 Å². The zero-order chi connectivity index (χ0) is 12.2. The molecule has 3 nitrogen and oxygen atoms in total. The van der Waals surface area contributed by atoms with E-state index >= 15 is 0 Å². The summed E-state index contributed by atoms with van der Waals surface area (Å²) in [6.45, 7) is 1.98. The van der Waals surface area contributed by atoms with Gasteiger partial charge in [-0.15, -0.1) is 11.8 Å². The summed E-state index contributed by atoms with van der Waals surface area (Å²) in [6, 6.07) is 7.17. The average molecular weight is 259 g/mol. The Morgan fingerprint density at radius 2 is 1.88 bits per heavy atom. The molecule has 90 valence electrons. The topological polar surface area (TPSA) is 60.2 Å². The Hall–Kier alpha value is -0.520. The smallest absolute Gasteiger partial charge is 0.175 e. The molecule has 1 atom stereocenters. The number of thioether (sulfide) groups is 1. The van der Waals surface area contributed by atoms with Gasteiger partial charge in [-0.25, -0.2) is 8.42 Å². The molecule has 0 radical (unpaired) electrons. The molecule has 5 heteroatoms. The van der Waals surface area contributed by atoms with Gasteiger partial charge in [-0.3, -0.25) is 0 Å². The number of rotatable bonds is 5. The minimum Gasteiger partial charge on any atom is -0.328 e. The van der Waals surface area contributed by atoms with Crippen molar-refractivity contribution in [3.8, 4) is 0 Å². The first-order valence-corrected chi connectivity index (χ1v) is 7.96. The van der Waals surface area contributed by atoms with Crippen molar-refractivity contribution in [2.45, 2.75) is 29.2 Å². The lowest BCUT2D eigenvalue weighted by Crippen LogP contribution is -2.15. The van der Waals surface area contributed by atoms with Gasteiger partial charge in [0.05, 0.1) is 4.90 Å². The number of nitrogens with two attached hydrogens (primary N) is 1. The van der Waals surface area contributed by atoms with Gasteiger partial charge in [0, 0.05) is 17.2 Å². The summed E-state index contributed by atoms with van der Waals surface area (Å²) in [4.78, 5) is 1.44. The molecule has 1 aromatic carbocycles. The van der Waals surface area contributed by atoms with Crippen molar-refractivity contribution in [3.05, 3.63) is 24.3 Å². The Kier molecular flexibility index (Phi) is 4.83. The van der Waals surface area contributed by atoms with Crippen LogP contribution in [0.2, 0.25) is 0 Å². The summed E-state index contributed by atoms with van der Waals surface area (Å²) < 4.78 is 22.4. The molecule has 0 saturated heterocycles. The lowest BCUT2D eigenvalue weighted by Gasteiger charge is -2.05. The molecule has 0 spiro atoms. The van der Waals surface area contributed by atoms with Crippen LogP contribution in [-0.2, 0) is 9.84 Å². The molecule has 0 aromatic heterocycles. The predicted octanol–water partition coefficient (Wildman–Crippen LogP) is 1.92. The summed E-state index contributed by atoms with van der Waals surface area (Å²) in [5.41, 5.74) is 5.65. The molecular weight excluding hydrogens is 242 g/mol. The molecule has 16 heavy (non-hydrogen) atoms. The van der Waals surface area contributed by atoms with Gasteiger partial charge in [-0.1, -0.05) is 0 Å². The Balaban J connectivity index is 2.59. The second-order valence-corrected chi connectivity index (χ2v) is 7.04. The van der Waals surface area contributed by atoms with Crippen LogP contribution < -0.4 is 5.73 Å². The molecule has 0 heterocycles. The first-order chi connectivity index (χ1) is 7.39. The zero-order valence-corrected chi connectivity index (χ0v) is 11.1. The third-order valence-electron chi connectivity index (χ3n) is 2.09. The fourth-order valence-electron chi connectivity index (χ4n) is 1.15. The SMILES string of the molecule is CC(N)CCSc1ccc(S(C)(=O)=O)cc1. The number of sulfone groups is 1. The van der Waals surface area contributed by atoms with Gasteiger partial charge in [-0.05, 0) is 43.4 Å². The van der Waals surface area contributed by atoms with Crippen molar-refractivity contribution in [2.24, 2.45) is 5.73 Å². The second kappa shape index (κ2) is 5.70. The van der Waals surface area contributed by atoms with Crippen LogP contribution in [0.15, 0.2) is 34.1 Å². The first-order valence-electron chi connectivity index (χ1n) is 5.08. The van der Waals surface area contributed by atoms with E-state index in [1.807, 2.05) is 19.1 Å². The van der Waals surface area contributed by atoms with E-state index in [0.717, 1.165) is 17.1 Å². The van der Waals surface area contributed by atoms with Gasteiger partial charge in [0.25, 0.3) is 0 Å². The van der Waals surface area contributed by atoms with Crippen LogP contribution in [0.3, 0.4) is 0 Å². The van der Waals surface area contributed by atoms with Crippen LogP contribution in [0, 0.1) is 0 Å². The molecule has 0 bridgehead atoms. The van der Waals surface area contributed by atoms with Crippen molar-refractivity contribution >= 4 is 21.6 Å². The maximum Gasteiger partial charge on any atom is 0.175 e. The summed E-state index contributed by atoms with van der Waals surface area (Å²) >= 11 is 1.69. The van der Waals surface area contributed by atoms with Gasteiger partial charge in [0.2, 0.25) is 0 Å². The van der Waals surface area contributed by atoms with Crippen LogP contribution in [0.1, 0.15) is 13.3 Å². The van der Waals surface area contributed by atoms with Gasteiger partial charge in [-0.2, -0.15) is 0 Å². The largest absolute Gasteiger partial charge is 0.328 e. The van der Waals surface area contributed by atoms with E-state index in [2.05, 4.69) is 0 Å². The highest BCUT2D eigenvalue weighted by atomic mass is 32.2.